The van der Waals surface area contributed by atoms with Crippen LogP contribution in [0.1, 0.15) is 15.9 Å². The third kappa shape index (κ3) is 2.64. The number of alkyl halides is 3. The van der Waals surface area contributed by atoms with Gasteiger partial charge in [0.1, 0.15) is 11.6 Å². The molecule has 0 aliphatic heterocycles. The van der Waals surface area contributed by atoms with Gasteiger partial charge in [-0.15, -0.1) is 0 Å². The number of carbonyl (C=O) groups excluding carboxylic acids is 1. The maximum absolute atomic E-state index is 13.2. The zero-order valence-electron chi connectivity index (χ0n) is 9.91. The van der Waals surface area contributed by atoms with Crippen LogP contribution in [-0.4, -0.2) is 11.4 Å². The van der Waals surface area contributed by atoms with Crippen LogP contribution in [0.5, 0.6) is 5.75 Å². The van der Waals surface area contributed by atoms with E-state index in [1.54, 1.807) is 0 Å². The quantitative estimate of drug-likeness (QED) is 0.667. The number of hydrogen-bond donors (Lipinski definition) is 1. The summed E-state index contributed by atoms with van der Waals surface area (Å²) in [4.78, 5) is 10.5. The van der Waals surface area contributed by atoms with Crippen molar-refractivity contribution in [1.29, 1.82) is 0 Å². The van der Waals surface area contributed by atoms with Gasteiger partial charge in [0.15, 0.2) is 6.29 Å². The van der Waals surface area contributed by atoms with Gasteiger partial charge in [-0.1, -0.05) is 12.1 Å². The van der Waals surface area contributed by atoms with E-state index in [-0.39, 0.29) is 22.4 Å². The number of carbonyl (C=O) groups is 1. The Hall–Kier alpha value is -2.37. The van der Waals surface area contributed by atoms with Gasteiger partial charge in [-0.2, -0.15) is 13.2 Å². The molecule has 20 heavy (non-hydrogen) atoms. The molecule has 0 radical (unpaired) electrons. The molecular formula is C14H8F4O2. The summed E-state index contributed by atoms with van der Waals surface area (Å²) in [5.41, 5.74) is -1.02. The fourth-order valence-electron chi connectivity index (χ4n) is 1.74. The van der Waals surface area contributed by atoms with Crippen molar-refractivity contribution in [2.45, 2.75) is 6.18 Å². The molecule has 0 amide bonds. The van der Waals surface area contributed by atoms with E-state index in [9.17, 15) is 27.5 Å². The first-order chi connectivity index (χ1) is 9.32. The molecule has 0 unspecified atom stereocenters. The highest BCUT2D eigenvalue weighted by atomic mass is 19.4. The molecule has 0 bridgehead atoms. The number of phenolic OH excluding ortho intramolecular Hbond substituents is 1. The van der Waals surface area contributed by atoms with Gasteiger partial charge in [0.2, 0.25) is 0 Å². The van der Waals surface area contributed by atoms with Crippen molar-refractivity contribution in [3.05, 3.63) is 53.3 Å². The Balaban J connectivity index is 2.54. The summed E-state index contributed by atoms with van der Waals surface area (Å²) >= 11 is 0. The van der Waals surface area contributed by atoms with Crippen LogP contribution in [0.25, 0.3) is 11.1 Å². The first-order valence-electron chi connectivity index (χ1n) is 5.48. The Morgan fingerprint density at radius 1 is 1.00 bits per heavy atom. The molecule has 0 atom stereocenters. The molecule has 2 aromatic carbocycles. The van der Waals surface area contributed by atoms with Crippen molar-refractivity contribution < 1.29 is 27.5 Å². The zero-order valence-corrected chi connectivity index (χ0v) is 9.91. The number of rotatable bonds is 2. The van der Waals surface area contributed by atoms with Crippen LogP contribution in [0.2, 0.25) is 0 Å². The molecule has 2 aromatic rings. The van der Waals surface area contributed by atoms with Gasteiger partial charge in [-0.25, -0.2) is 4.39 Å². The second-order valence-electron chi connectivity index (χ2n) is 4.08. The maximum Gasteiger partial charge on any atom is 0.419 e. The molecule has 2 rings (SSSR count). The van der Waals surface area contributed by atoms with Crippen molar-refractivity contribution in [2.75, 3.05) is 0 Å². The molecular weight excluding hydrogens is 276 g/mol. The van der Waals surface area contributed by atoms with Crippen molar-refractivity contribution in [2.24, 2.45) is 0 Å². The number of benzene rings is 2. The number of aromatic hydroxyl groups is 1. The first-order valence-corrected chi connectivity index (χ1v) is 5.48. The maximum atomic E-state index is 13.2. The van der Waals surface area contributed by atoms with E-state index in [4.69, 9.17) is 0 Å². The smallest absolute Gasteiger partial charge is 0.419 e. The topological polar surface area (TPSA) is 37.3 Å². The summed E-state index contributed by atoms with van der Waals surface area (Å²) in [6.07, 6.45) is -4.38. The SMILES string of the molecule is O=Cc1ccc(-c2ccc(F)c(C(F)(F)F)c2)cc1O. The average molecular weight is 284 g/mol. The highest BCUT2D eigenvalue weighted by Crippen LogP contribution is 2.35. The van der Waals surface area contributed by atoms with Crippen LogP contribution in [0.3, 0.4) is 0 Å². The normalized spacial score (nSPS) is 11.4. The van der Waals surface area contributed by atoms with Crippen molar-refractivity contribution >= 4 is 6.29 Å². The van der Waals surface area contributed by atoms with Gasteiger partial charge in [-0.05, 0) is 35.4 Å². The third-order valence-electron chi connectivity index (χ3n) is 2.76. The lowest BCUT2D eigenvalue weighted by Crippen LogP contribution is -2.08. The molecule has 104 valence electrons. The summed E-state index contributed by atoms with van der Waals surface area (Å²) in [6.45, 7) is 0. The van der Waals surface area contributed by atoms with E-state index in [1.807, 2.05) is 0 Å². The first kappa shape index (κ1) is 14.0. The lowest BCUT2D eigenvalue weighted by molar-refractivity contribution is -0.139. The van der Waals surface area contributed by atoms with E-state index in [0.717, 1.165) is 6.07 Å². The van der Waals surface area contributed by atoms with Gasteiger partial charge in [0, 0.05) is 0 Å². The molecule has 0 heterocycles. The molecule has 0 fully saturated rings. The van der Waals surface area contributed by atoms with E-state index in [1.165, 1.54) is 18.2 Å². The van der Waals surface area contributed by atoms with Gasteiger partial charge in [0.05, 0.1) is 11.1 Å². The fraction of sp³-hybridized carbons (Fsp3) is 0.0714. The molecule has 1 N–H and O–H groups in total. The largest absolute Gasteiger partial charge is 0.507 e. The predicted molar refractivity (Wildman–Crippen MR) is 63.9 cm³/mol. The van der Waals surface area contributed by atoms with Crippen molar-refractivity contribution in [3.63, 3.8) is 0 Å². The van der Waals surface area contributed by atoms with E-state index >= 15 is 0 Å². The summed E-state index contributed by atoms with van der Waals surface area (Å²) in [6, 6.07) is 6.33. The zero-order chi connectivity index (χ0) is 14.9. The minimum absolute atomic E-state index is 0.0203. The fourth-order valence-corrected chi connectivity index (χ4v) is 1.74. The second-order valence-corrected chi connectivity index (χ2v) is 4.08. The lowest BCUT2D eigenvalue weighted by Gasteiger charge is -2.10. The number of aldehydes is 1. The van der Waals surface area contributed by atoms with E-state index in [0.29, 0.717) is 18.4 Å². The van der Waals surface area contributed by atoms with Crippen LogP contribution in [-0.2, 0) is 6.18 Å². The highest BCUT2D eigenvalue weighted by Gasteiger charge is 2.34. The van der Waals surface area contributed by atoms with Crippen LogP contribution in [0.15, 0.2) is 36.4 Å². The Kier molecular flexibility index (Phi) is 3.48. The Morgan fingerprint density at radius 2 is 1.60 bits per heavy atom. The van der Waals surface area contributed by atoms with Crippen LogP contribution in [0.4, 0.5) is 17.6 Å². The van der Waals surface area contributed by atoms with Crippen molar-refractivity contribution in [1.82, 2.24) is 0 Å². The molecule has 2 nitrogen and oxygen atoms in total. The van der Waals surface area contributed by atoms with Crippen LogP contribution < -0.4 is 0 Å². The summed E-state index contributed by atoms with van der Waals surface area (Å²) < 4.78 is 51.0. The monoisotopic (exact) mass is 284 g/mol. The summed E-state index contributed by atoms with van der Waals surface area (Å²) in [5.74, 6) is -1.72. The van der Waals surface area contributed by atoms with Gasteiger partial charge < -0.3 is 5.11 Å². The Bertz CT molecular complexity index is 663. The number of halogens is 4. The Morgan fingerprint density at radius 3 is 2.15 bits per heavy atom. The molecule has 0 aliphatic rings. The standard InChI is InChI=1S/C14H8F4O2/c15-12-4-3-8(5-11(12)14(16,17)18)9-1-2-10(7-19)13(20)6-9/h1-7,20H. The van der Waals surface area contributed by atoms with E-state index < -0.39 is 17.6 Å². The average Bonchev–Trinajstić information content (AvgIpc) is 2.37. The molecule has 6 heteroatoms. The number of phenols is 1. The minimum Gasteiger partial charge on any atom is -0.507 e. The highest BCUT2D eigenvalue weighted by molar-refractivity contribution is 5.81. The van der Waals surface area contributed by atoms with E-state index in [2.05, 4.69) is 0 Å². The molecule has 0 spiro atoms. The Labute approximate surface area is 111 Å². The minimum atomic E-state index is -4.80. The second kappa shape index (κ2) is 4.96. The lowest BCUT2D eigenvalue weighted by atomic mass is 10.0. The van der Waals surface area contributed by atoms with Crippen molar-refractivity contribution in [3.8, 4) is 16.9 Å². The molecule has 0 aliphatic carbocycles. The van der Waals surface area contributed by atoms with Gasteiger partial charge in [0.25, 0.3) is 0 Å². The molecule has 0 aromatic heterocycles. The van der Waals surface area contributed by atoms with Gasteiger partial charge in [-0.3, -0.25) is 4.79 Å². The molecule has 0 saturated carbocycles. The summed E-state index contributed by atoms with van der Waals surface area (Å²) in [5, 5.41) is 9.51. The van der Waals surface area contributed by atoms with Gasteiger partial charge >= 0.3 is 6.18 Å². The van der Waals surface area contributed by atoms with Crippen LogP contribution >= 0.6 is 0 Å². The molecule has 0 saturated heterocycles. The number of hydrogen-bond acceptors (Lipinski definition) is 2. The summed E-state index contributed by atoms with van der Waals surface area (Å²) in [7, 11) is 0. The third-order valence-corrected chi connectivity index (χ3v) is 2.76. The predicted octanol–water partition coefficient (Wildman–Crippen LogP) is 4.03. The van der Waals surface area contributed by atoms with Crippen LogP contribution in [0, 0.1) is 5.82 Å².